The maximum absolute atomic E-state index is 5.72. The fourth-order valence-corrected chi connectivity index (χ4v) is 5.07. The molecule has 1 aliphatic heterocycles. The van der Waals surface area contributed by atoms with E-state index in [1.54, 1.807) is 0 Å². The van der Waals surface area contributed by atoms with Gasteiger partial charge < -0.3 is 10.1 Å². The smallest absolute Gasteiger partial charge is 0.128 e. The summed E-state index contributed by atoms with van der Waals surface area (Å²) in [6.07, 6.45) is 7.69. The van der Waals surface area contributed by atoms with Crippen molar-refractivity contribution in [3.05, 3.63) is 100 Å². The number of nitrogens with one attached hydrogen (secondary N) is 1. The number of fused-ring (bicyclic) bond motifs is 3. The van der Waals surface area contributed by atoms with Gasteiger partial charge in [-0.15, -0.1) is 0 Å². The second-order valence-corrected chi connectivity index (χ2v) is 8.94. The van der Waals surface area contributed by atoms with E-state index in [1.165, 1.54) is 16.8 Å². The summed E-state index contributed by atoms with van der Waals surface area (Å²) >= 11 is 3.53. The Bertz CT molecular complexity index is 1140. The topological polar surface area (TPSA) is 33.6 Å². The number of hydrogen-bond acceptors (Lipinski definition) is 3. The first-order valence-electron chi connectivity index (χ1n) is 10.8. The van der Waals surface area contributed by atoms with Gasteiger partial charge in [-0.3, -0.25) is 4.99 Å². The van der Waals surface area contributed by atoms with Crippen molar-refractivity contribution in [3.8, 4) is 5.75 Å². The number of para-hydroxylation sites is 1. The van der Waals surface area contributed by atoms with Crippen LogP contribution >= 0.6 is 15.9 Å². The summed E-state index contributed by atoms with van der Waals surface area (Å²) in [5.74, 6) is 1.89. The van der Waals surface area contributed by atoms with Gasteiger partial charge in [-0.2, -0.15) is 0 Å². The highest BCUT2D eigenvalue weighted by molar-refractivity contribution is 9.10. The predicted octanol–water partition coefficient (Wildman–Crippen LogP) is 7.42. The molecule has 1 heterocycles. The first-order valence-corrected chi connectivity index (χ1v) is 11.6. The van der Waals surface area contributed by atoms with Gasteiger partial charge in [-0.1, -0.05) is 58.4 Å². The van der Waals surface area contributed by atoms with E-state index in [-0.39, 0.29) is 0 Å². The molecule has 0 saturated heterocycles. The lowest BCUT2D eigenvalue weighted by molar-refractivity contribution is 0.339. The zero-order valence-electron chi connectivity index (χ0n) is 17.5. The van der Waals surface area contributed by atoms with Gasteiger partial charge >= 0.3 is 0 Å². The van der Waals surface area contributed by atoms with Gasteiger partial charge in [0.05, 0.1) is 18.3 Å². The number of hydrogen-bond donors (Lipinski definition) is 1. The zero-order chi connectivity index (χ0) is 21.2. The molecular weight excluding hydrogens is 448 g/mol. The minimum Gasteiger partial charge on any atom is -0.493 e. The molecule has 2 aliphatic rings. The van der Waals surface area contributed by atoms with Crippen LogP contribution in [0.15, 0.2) is 88.3 Å². The van der Waals surface area contributed by atoms with Gasteiger partial charge in [0.25, 0.3) is 0 Å². The molecule has 0 radical (unpaired) electrons. The minimum absolute atomic E-state index is 0.308. The Hall–Kier alpha value is -2.85. The average Bonchev–Trinajstić information content (AvgIpc) is 3.29. The van der Waals surface area contributed by atoms with Gasteiger partial charge in [0.2, 0.25) is 0 Å². The summed E-state index contributed by atoms with van der Waals surface area (Å²) in [5.41, 5.74) is 5.87. The number of ether oxygens (including phenoxy) is 1. The van der Waals surface area contributed by atoms with E-state index in [0.29, 0.717) is 24.5 Å². The molecule has 31 heavy (non-hydrogen) atoms. The molecule has 0 saturated carbocycles. The van der Waals surface area contributed by atoms with E-state index in [1.807, 2.05) is 31.3 Å². The van der Waals surface area contributed by atoms with Crippen LogP contribution in [-0.4, -0.2) is 12.8 Å². The Morgan fingerprint density at radius 2 is 1.94 bits per heavy atom. The Kier molecular flexibility index (Phi) is 5.65. The number of rotatable bonds is 5. The predicted molar refractivity (Wildman–Crippen MR) is 132 cm³/mol. The monoisotopic (exact) mass is 472 g/mol. The van der Waals surface area contributed by atoms with Crippen LogP contribution in [0.3, 0.4) is 0 Å². The van der Waals surface area contributed by atoms with E-state index < -0.39 is 0 Å². The van der Waals surface area contributed by atoms with Crippen LogP contribution in [0.1, 0.15) is 42.0 Å². The molecule has 0 spiro atoms. The molecule has 0 amide bonds. The van der Waals surface area contributed by atoms with Gasteiger partial charge in [0, 0.05) is 27.9 Å². The van der Waals surface area contributed by atoms with Gasteiger partial charge in [-0.25, -0.2) is 0 Å². The molecule has 0 aromatic heterocycles. The quantitative estimate of drug-likeness (QED) is 0.309. The molecule has 156 valence electrons. The molecule has 0 unspecified atom stereocenters. The SMILES string of the molecule is CCOc1ccc(Br)cc1C=Nc1ccc([C@@H]2Nc3ccccc3[C@H]3C=CC[C@@H]32)cc1. The third-order valence-electron chi connectivity index (χ3n) is 6.15. The Balaban J connectivity index is 1.38. The second kappa shape index (κ2) is 8.72. The highest BCUT2D eigenvalue weighted by Gasteiger charge is 2.37. The van der Waals surface area contributed by atoms with E-state index in [4.69, 9.17) is 9.73 Å². The number of halogens is 1. The van der Waals surface area contributed by atoms with Crippen LogP contribution in [0.2, 0.25) is 0 Å². The van der Waals surface area contributed by atoms with Crippen molar-refractivity contribution in [2.45, 2.75) is 25.3 Å². The van der Waals surface area contributed by atoms with Crippen LogP contribution < -0.4 is 10.1 Å². The molecule has 3 aromatic rings. The number of anilines is 1. The average molecular weight is 473 g/mol. The van der Waals surface area contributed by atoms with Crippen molar-refractivity contribution in [3.63, 3.8) is 0 Å². The largest absolute Gasteiger partial charge is 0.493 e. The summed E-state index contributed by atoms with van der Waals surface area (Å²) < 4.78 is 6.73. The van der Waals surface area contributed by atoms with Gasteiger partial charge in [0.15, 0.2) is 0 Å². The highest BCUT2D eigenvalue weighted by Crippen LogP contribution is 2.49. The molecular formula is C27H25BrN2O. The Morgan fingerprint density at radius 1 is 1.10 bits per heavy atom. The van der Waals surface area contributed by atoms with Crippen LogP contribution in [0, 0.1) is 5.92 Å². The van der Waals surface area contributed by atoms with E-state index in [9.17, 15) is 0 Å². The van der Waals surface area contributed by atoms with E-state index in [2.05, 4.69) is 81.9 Å². The number of benzene rings is 3. The zero-order valence-corrected chi connectivity index (χ0v) is 19.0. The van der Waals surface area contributed by atoms with Crippen molar-refractivity contribution in [1.82, 2.24) is 0 Å². The van der Waals surface area contributed by atoms with Crippen molar-refractivity contribution < 1.29 is 4.74 Å². The van der Waals surface area contributed by atoms with Gasteiger partial charge in [-0.05, 0) is 66.8 Å². The van der Waals surface area contributed by atoms with Crippen LogP contribution in [-0.2, 0) is 0 Å². The van der Waals surface area contributed by atoms with Crippen molar-refractivity contribution in [2.75, 3.05) is 11.9 Å². The fraction of sp³-hybridized carbons (Fsp3) is 0.222. The summed E-state index contributed by atoms with van der Waals surface area (Å²) in [7, 11) is 0. The third kappa shape index (κ3) is 4.05. The summed E-state index contributed by atoms with van der Waals surface area (Å²) in [4.78, 5) is 4.69. The Labute approximate surface area is 192 Å². The Morgan fingerprint density at radius 3 is 2.77 bits per heavy atom. The summed E-state index contributed by atoms with van der Waals surface area (Å²) in [6.45, 7) is 2.62. The van der Waals surface area contributed by atoms with Crippen molar-refractivity contribution in [1.29, 1.82) is 0 Å². The standard InChI is InChI=1S/C27H25BrN2O/c1-2-31-26-15-12-20(28)16-19(26)17-29-21-13-10-18(11-14-21)27-24-8-5-7-22(24)23-6-3-4-9-25(23)30-27/h3-7,9-17,22,24,27,30H,2,8H2,1H3/t22-,24+,27+/m1/s1. The van der Waals surface area contributed by atoms with Crippen molar-refractivity contribution >= 4 is 33.5 Å². The first-order chi connectivity index (χ1) is 15.2. The minimum atomic E-state index is 0.308. The highest BCUT2D eigenvalue weighted by atomic mass is 79.9. The molecule has 5 rings (SSSR count). The second-order valence-electron chi connectivity index (χ2n) is 8.03. The van der Waals surface area contributed by atoms with E-state index >= 15 is 0 Å². The lowest BCUT2D eigenvalue weighted by Gasteiger charge is -2.37. The number of nitrogens with zero attached hydrogens (tertiary/aromatic N) is 1. The molecule has 3 atom stereocenters. The van der Waals surface area contributed by atoms with Crippen molar-refractivity contribution in [2.24, 2.45) is 10.9 Å². The molecule has 3 aromatic carbocycles. The van der Waals surface area contributed by atoms with Crippen LogP contribution in [0.5, 0.6) is 5.75 Å². The summed E-state index contributed by atoms with van der Waals surface area (Å²) in [5, 5.41) is 3.79. The summed E-state index contributed by atoms with van der Waals surface area (Å²) in [6, 6.07) is 23.6. The first kappa shape index (κ1) is 20.1. The third-order valence-corrected chi connectivity index (χ3v) is 6.64. The number of allylic oxidation sites excluding steroid dienone is 2. The van der Waals surface area contributed by atoms with E-state index in [0.717, 1.165) is 27.9 Å². The molecule has 1 aliphatic carbocycles. The fourth-order valence-electron chi connectivity index (χ4n) is 4.69. The van der Waals surface area contributed by atoms with Gasteiger partial charge in [0.1, 0.15) is 5.75 Å². The number of aliphatic imine (C=N–C) groups is 1. The molecule has 0 bridgehead atoms. The lowest BCUT2D eigenvalue weighted by atomic mass is 9.77. The maximum Gasteiger partial charge on any atom is 0.128 e. The maximum atomic E-state index is 5.72. The molecule has 1 N–H and O–H groups in total. The van der Waals surface area contributed by atoms with Crippen LogP contribution in [0.25, 0.3) is 0 Å². The molecule has 4 heteroatoms. The molecule has 3 nitrogen and oxygen atoms in total. The lowest BCUT2D eigenvalue weighted by Crippen LogP contribution is -2.28. The molecule has 0 fully saturated rings. The normalized spacial score (nSPS) is 21.5. The van der Waals surface area contributed by atoms with Crippen LogP contribution in [0.4, 0.5) is 11.4 Å².